The zero-order valence-electron chi connectivity index (χ0n) is 35.6. The molecule has 0 radical (unpaired) electrons. The van der Waals surface area contributed by atoms with Crippen molar-refractivity contribution >= 4 is 18.6 Å². The first kappa shape index (κ1) is 51.7. The highest BCUT2D eigenvalue weighted by atomic mass is 32.1. The Bertz CT molecular complexity index is 708. The van der Waals surface area contributed by atoms with Crippen LogP contribution < -0.4 is 0 Å². The molecule has 6 heteroatoms. The number of nitrogens with zero attached hydrogens (tertiary/aromatic N) is 1. The minimum absolute atomic E-state index is 0.0328. The van der Waals surface area contributed by atoms with E-state index in [2.05, 4.69) is 45.2 Å². The van der Waals surface area contributed by atoms with Crippen molar-refractivity contribution in [2.75, 3.05) is 25.4 Å². The normalized spacial score (nSPS) is 13.6. The summed E-state index contributed by atoms with van der Waals surface area (Å²) in [7, 11) is 0. The van der Waals surface area contributed by atoms with Crippen LogP contribution in [0.3, 0.4) is 0 Å². The van der Waals surface area contributed by atoms with Gasteiger partial charge >= 0.3 is 5.97 Å². The lowest BCUT2D eigenvalue weighted by Crippen LogP contribution is -2.38. The van der Waals surface area contributed by atoms with Crippen molar-refractivity contribution in [3.05, 3.63) is 0 Å². The molecule has 3 unspecified atom stereocenters. The predicted molar refractivity (Wildman–Crippen MR) is 231 cm³/mol. The molecule has 0 saturated carbocycles. The summed E-state index contributed by atoms with van der Waals surface area (Å²) < 4.78 is 6.02. The maximum atomic E-state index is 12.8. The van der Waals surface area contributed by atoms with Gasteiger partial charge in [0.1, 0.15) is 6.10 Å². The summed E-state index contributed by atoms with van der Waals surface area (Å²) in [4.78, 5) is 15.0. The van der Waals surface area contributed by atoms with Crippen LogP contribution in [0.1, 0.15) is 240 Å². The van der Waals surface area contributed by atoms with E-state index in [0.717, 1.165) is 95.3 Å². The van der Waals surface area contributed by atoms with E-state index in [1.165, 1.54) is 128 Å². The van der Waals surface area contributed by atoms with Crippen molar-refractivity contribution in [1.82, 2.24) is 4.90 Å². The Hall–Kier alpha value is -0.300. The highest BCUT2D eigenvalue weighted by Gasteiger charge is 2.17. The Morgan fingerprint density at radius 1 is 0.519 bits per heavy atom. The van der Waals surface area contributed by atoms with Gasteiger partial charge in [-0.15, -0.1) is 0 Å². The molecule has 0 rings (SSSR count). The van der Waals surface area contributed by atoms with Gasteiger partial charge in [0.15, 0.2) is 0 Å². The van der Waals surface area contributed by atoms with Crippen molar-refractivity contribution < 1.29 is 19.7 Å². The number of carbonyl (C=O) groups excluding carboxylic acids is 1. The van der Waals surface area contributed by atoms with Crippen molar-refractivity contribution in [2.24, 2.45) is 5.92 Å². The lowest BCUT2D eigenvalue weighted by molar-refractivity contribution is -0.150. The molecule has 0 bridgehead atoms. The molecule has 312 valence electrons. The summed E-state index contributed by atoms with van der Waals surface area (Å²) in [6, 6.07) is 0. The number of hydrogen-bond acceptors (Lipinski definition) is 6. The maximum Gasteiger partial charge on any atom is 0.306 e. The summed E-state index contributed by atoms with van der Waals surface area (Å²) in [5.74, 6) is 1.69. The number of unbranched alkanes of at least 4 members (excludes halogenated alkanes) is 20. The number of hydrogen-bond donors (Lipinski definition) is 3. The molecule has 0 aromatic heterocycles. The predicted octanol–water partition coefficient (Wildman–Crippen LogP) is 13.4. The number of aliphatic hydroxyl groups excluding tert-OH is 2. The summed E-state index contributed by atoms with van der Waals surface area (Å²) >= 11 is 4.38. The fourth-order valence-corrected chi connectivity index (χ4v) is 7.81. The van der Waals surface area contributed by atoms with Crippen LogP contribution in [0.5, 0.6) is 0 Å². The standard InChI is InChI=1S/C46H93NO4S/c1-5-8-11-14-17-26-35-45(36-27-18-15-12-9-6-2)51-46(50)37-28-21-25-34-44(49)41-47(38-29-30-39-52)40-43(48)33-24-20-19-23-32-42(4)31-22-16-13-10-7-3/h42-45,48-49,52H,5-41H2,1-4H3. The van der Waals surface area contributed by atoms with Crippen LogP contribution >= 0.6 is 12.6 Å². The van der Waals surface area contributed by atoms with Crippen molar-refractivity contribution in [3.63, 3.8) is 0 Å². The molecule has 0 aromatic rings. The summed E-state index contributed by atoms with van der Waals surface area (Å²) in [5.41, 5.74) is 0. The van der Waals surface area contributed by atoms with E-state index in [-0.39, 0.29) is 18.2 Å². The SMILES string of the molecule is CCCCCCCCC(CCCCCCCC)OC(=O)CCCCCC(O)CN(CCCCS)CC(O)CCCCCCC(C)CCCCCCC. The Kier molecular flexibility index (Phi) is 40.1. The molecule has 5 nitrogen and oxygen atoms in total. The molecule has 0 aliphatic rings. The van der Waals surface area contributed by atoms with Gasteiger partial charge in [0, 0.05) is 19.5 Å². The Morgan fingerprint density at radius 3 is 1.35 bits per heavy atom. The number of esters is 1. The van der Waals surface area contributed by atoms with Gasteiger partial charge < -0.3 is 14.9 Å². The van der Waals surface area contributed by atoms with Crippen LogP contribution in [-0.2, 0) is 9.53 Å². The lowest BCUT2D eigenvalue weighted by atomic mass is 9.96. The van der Waals surface area contributed by atoms with Crippen LogP contribution in [0.4, 0.5) is 0 Å². The smallest absolute Gasteiger partial charge is 0.306 e. The average Bonchev–Trinajstić information content (AvgIpc) is 3.12. The molecule has 0 fully saturated rings. The zero-order chi connectivity index (χ0) is 38.3. The van der Waals surface area contributed by atoms with Gasteiger partial charge in [-0.1, -0.05) is 175 Å². The molecule has 0 amide bonds. The van der Waals surface area contributed by atoms with Crippen LogP contribution in [-0.4, -0.2) is 64.8 Å². The van der Waals surface area contributed by atoms with Gasteiger partial charge in [-0.25, -0.2) is 0 Å². The highest BCUT2D eigenvalue weighted by Crippen LogP contribution is 2.20. The Morgan fingerprint density at radius 2 is 0.904 bits per heavy atom. The number of ether oxygens (including phenoxy) is 1. The molecule has 0 aliphatic heterocycles. The first-order valence-electron chi connectivity index (χ1n) is 23.2. The highest BCUT2D eigenvalue weighted by molar-refractivity contribution is 7.80. The van der Waals surface area contributed by atoms with Gasteiger partial charge in [0.05, 0.1) is 12.2 Å². The van der Waals surface area contributed by atoms with Crippen LogP contribution in [0.15, 0.2) is 0 Å². The third kappa shape index (κ3) is 36.7. The lowest BCUT2D eigenvalue weighted by Gasteiger charge is -2.27. The Balaban J connectivity index is 4.35. The van der Waals surface area contributed by atoms with Crippen molar-refractivity contribution in [2.45, 2.75) is 258 Å². The molecule has 52 heavy (non-hydrogen) atoms. The number of rotatable bonds is 42. The number of carbonyl (C=O) groups is 1. The van der Waals surface area contributed by atoms with Gasteiger partial charge in [0.25, 0.3) is 0 Å². The molecule has 0 spiro atoms. The molecule has 0 aliphatic carbocycles. The first-order chi connectivity index (χ1) is 25.4. The second kappa shape index (κ2) is 40.4. The number of thiol groups is 1. The monoisotopic (exact) mass is 756 g/mol. The quantitative estimate of drug-likeness (QED) is 0.0329. The second-order valence-corrected chi connectivity index (χ2v) is 17.1. The molecule has 3 atom stereocenters. The van der Waals surface area contributed by atoms with E-state index in [1.54, 1.807) is 0 Å². The van der Waals surface area contributed by atoms with E-state index in [1.807, 2.05) is 0 Å². The molecule has 0 aromatic carbocycles. The summed E-state index contributed by atoms with van der Waals surface area (Å²) in [5, 5.41) is 21.8. The minimum Gasteiger partial charge on any atom is -0.462 e. The molecular weight excluding hydrogens is 663 g/mol. The van der Waals surface area contributed by atoms with Gasteiger partial charge in [-0.05, 0) is 76.0 Å². The van der Waals surface area contributed by atoms with Gasteiger partial charge in [-0.3, -0.25) is 9.69 Å². The van der Waals surface area contributed by atoms with E-state index in [4.69, 9.17) is 4.74 Å². The van der Waals surface area contributed by atoms with E-state index >= 15 is 0 Å². The molecule has 0 heterocycles. The molecule has 0 saturated heterocycles. The van der Waals surface area contributed by atoms with E-state index in [9.17, 15) is 15.0 Å². The zero-order valence-corrected chi connectivity index (χ0v) is 36.5. The van der Waals surface area contributed by atoms with Crippen LogP contribution in [0, 0.1) is 5.92 Å². The van der Waals surface area contributed by atoms with Crippen LogP contribution in [0.25, 0.3) is 0 Å². The maximum absolute atomic E-state index is 12.8. The third-order valence-electron chi connectivity index (χ3n) is 11.1. The minimum atomic E-state index is -0.400. The van der Waals surface area contributed by atoms with Crippen molar-refractivity contribution in [3.8, 4) is 0 Å². The number of aliphatic hydroxyl groups is 2. The fraction of sp³-hybridized carbons (Fsp3) is 0.978. The van der Waals surface area contributed by atoms with E-state index < -0.39 is 6.10 Å². The summed E-state index contributed by atoms with van der Waals surface area (Å²) in [6.45, 7) is 11.4. The summed E-state index contributed by atoms with van der Waals surface area (Å²) in [6.07, 6.45) is 38.0. The average molecular weight is 756 g/mol. The van der Waals surface area contributed by atoms with Crippen molar-refractivity contribution in [1.29, 1.82) is 0 Å². The first-order valence-corrected chi connectivity index (χ1v) is 23.9. The van der Waals surface area contributed by atoms with E-state index in [0.29, 0.717) is 19.5 Å². The molecule has 2 N–H and O–H groups in total. The fourth-order valence-electron chi connectivity index (χ4n) is 7.59. The third-order valence-corrected chi connectivity index (χ3v) is 11.4. The second-order valence-electron chi connectivity index (χ2n) is 16.6. The largest absolute Gasteiger partial charge is 0.462 e. The Labute approximate surface area is 331 Å². The van der Waals surface area contributed by atoms with Crippen LogP contribution in [0.2, 0.25) is 0 Å². The van der Waals surface area contributed by atoms with Gasteiger partial charge in [-0.2, -0.15) is 12.6 Å². The van der Waals surface area contributed by atoms with Gasteiger partial charge in [0.2, 0.25) is 0 Å². The molecular formula is C46H93NO4S. The topological polar surface area (TPSA) is 70.0 Å².